The van der Waals surface area contributed by atoms with E-state index in [-0.39, 0.29) is 0 Å². The second kappa shape index (κ2) is 7.14. The van der Waals surface area contributed by atoms with Gasteiger partial charge in [0, 0.05) is 0 Å². The number of rotatable bonds is 5. The van der Waals surface area contributed by atoms with E-state index in [4.69, 9.17) is 0 Å². The van der Waals surface area contributed by atoms with Crippen LogP contribution in [0, 0.1) is 0 Å². The highest BCUT2D eigenvalue weighted by atomic mass is 32.3. The van der Waals surface area contributed by atoms with Gasteiger partial charge in [-0.05, 0) is 58.2 Å². The van der Waals surface area contributed by atoms with Gasteiger partial charge in [0.1, 0.15) is 0 Å². The number of hydrogen-bond acceptors (Lipinski definition) is 0. The molecule has 0 fully saturated rings. The molecule has 0 nitrogen and oxygen atoms in total. The van der Waals surface area contributed by atoms with Crippen LogP contribution < -0.4 is 0 Å². The van der Waals surface area contributed by atoms with Crippen LogP contribution in [0.25, 0.3) is 0 Å². The van der Waals surface area contributed by atoms with E-state index < -0.39 is 10.0 Å². The molecule has 0 aliphatic carbocycles. The first-order chi connectivity index (χ1) is 10.2. The summed E-state index contributed by atoms with van der Waals surface area (Å²) in [6.07, 6.45) is 10.6. The van der Waals surface area contributed by atoms with Crippen LogP contribution in [-0.4, -0.2) is 6.26 Å². The fourth-order valence-corrected chi connectivity index (χ4v) is 5.47. The van der Waals surface area contributed by atoms with Crippen molar-refractivity contribution in [1.82, 2.24) is 0 Å². The summed E-state index contributed by atoms with van der Waals surface area (Å²) in [5, 5.41) is 0. The van der Waals surface area contributed by atoms with Gasteiger partial charge in [-0.1, -0.05) is 61.2 Å². The van der Waals surface area contributed by atoms with Gasteiger partial charge in [-0.25, -0.2) is 0 Å². The van der Waals surface area contributed by atoms with Crippen molar-refractivity contribution in [3.63, 3.8) is 0 Å². The Morgan fingerprint density at radius 1 is 0.905 bits per heavy atom. The van der Waals surface area contributed by atoms with Gasteiger partial charge in [-0.15, -0.1) is 0 Å². The summed E-state index contributed by atoms with van der Waals surface area (Å²) in [6, 6.07) is 21.5. The lowest BCUT2D eigenvalue weighted by molar-refractivity contribution is 1.36. The van der Waals surface area contributed by atoms with Crippen LogP contribution in [0.4, 0.5) is 0 Å². The molecule has 0 spiro atoms. The molecule has 0 aromatic heterocycles. The van der Waals surface area contributed by atoms with E-state index in [2.05, 4.69) is 92.6 Å². The zero-order chi connectivity index (χ0) is 15.1. The van der Waals surface area contributed by atoms with Gasteiger partial charge in [0.25, 0.3) is 0 Å². The molecular weight excluding hydrogens is 272 g/mol. The second-order valence-corrected chi connectivity index (χ2v) is 8.08. The Labute approximate surface area is 129 Å². The van der Waals surface area contributed by atoms with Crippen molar-refractivity contribution in [2.24, 2.45) is 0 Å². The van der Waals surface area contributed by atoms with E-state index >= 15 is 0 Å². The Bertz CT molecular complexity index is 597. The van der Waals surface area contributed by atoms with Gasteiger partial charge in [-0.2, -0.15) is 10.0 Å². The maximum absolute atomic E-state index is 3.79. The van der Waals surface area contributed by atoms with E-state index in [1.807, 2.05) is 12.2 Å². The molecule has 2 rings (SSSR count). The van der Waals surface area contributed by atoms with Gasteiger partial charge >= 0.3 is 0 Å². The predicted octanol–water partition coefficient (Wildman–Crippen LogP) is 6.19. The van der Waals surface area contributed by atoms with Gasteiger partial charge in [0.2, 0.25) is 0 Å². The van der Waals surface area contributed by atoms with Gasteiger partial charge in [0.05, 0.1) is 0 Å². The van der Waals surface area contributed by atoms with Crippen LogP contribution in [0.15, 0.2) is 106 Å². The largest absolute Gasteiger partial charge is 0.164 e. The smallest absolute Gasteiger partial charge is 0.00213 e. The quantitative estimate of drug-likeness (QED) is 0.577. The highest BCUT2D eigenvalue weighted by Gasteiger charge is 2.25. The molecule has 0 amide bonds. The number of allylic oxidation sites excluding steroid dienone is 4. The average molecular weight is 294 g/mol. The fraction of sp³-hybridized carbons (Fsp3) is 0.100. The summed E-state index contributed by atoms with van der Waals surface area (Å²) in [7, 11) is -1.23. The lowest BCUT2D eigenvalue weighted by Crippen LogP contribution is -2.02. The molecule has 0 aliphatic heterocycles. The first-order valence-electron chi connectivity index (χ1n) is 7.07. The summed E-state index contributed by atoms with van der Waals surface area (Å²) >= 11 is 0. The molecule has 0 unspecified atom stereocenters. The van der Waals surface area contributed by atoms with Crippen LogP contribution in [-0.2, 0) is 0 Å². The van der Waals surface area contributed by atoms with Gasteiger partial charge < -0.3 is 0 Å². The third kappa shape index (κ3) is 3.20. The van der Waals surface area contributed by atoms with E-state index in [1.165, 1.54) is 14.7 Å². The van der Waals surface area contributed by atoms with E-state index in [0.717, 1.165) is 0 Å². The van der Waals surface area contributed by atoms with Crippen molar-refractivity contribution in [3.8, 4) is 0 Å². The Kier molecular flexibility index (Phi) is 5.24. The highest BCUT2D eigenvalue weighted by molar-refractivity contribution is 8.36. The molecule has 108 valence electrons. The SMILES string of the molecule is C=C/C=C\C(=C/C)S(C)(c1ccccc1)c1ccccc1. The molecule has 0 radical (unpaired) electrons. The molecule has 0 saturated heterocycles. The molecule has 0 saturated carbocycles. The zero-order valence-electron chi connectivity index (χ0n) is 12.7. The topological polar surface area (TPSA) is 0 Å². The Morgan fingerprint density at radius 3 is 1.76 bits per heavy atom. The van der Waals surface area contributed by atoms with Crippen molar-refractivity contribution in [1.29, 1.82) is 0 Å². The molecule has 21 heavy (non-hydrogen) atoms. The summed E-state index contributed by atoms with van der Waals surface area (Å²) < 4.78 is 0. The average Bonchev–Trinajstić information content (AvgIpc) is 2.57. The maximum Gasteiger partial charge on any atom is -0.00213 e. The second-order valence-electron chi connectivity index (χ2n) is 4.83. The summed E-state index contributed by atoms with van der Waals surface area (Å²) in [5.74, 6) is 0. The monoisotopic (exact) mass is 294 g/mol. The molecular formula is C20H22S. The third-order valence-electron chi connectivity index (χ3n) is 3.58. The van der Waals surface area contributed by atoms with Crippen molar-refractivity contribution < 1.29 is 0 Å². The minimum atomic E-state index is -1.23. The normalized spacial score (nSPS) is 13.3. The van der Waals surface area contributed by atoms with Crippen LogP contribution in [0.5, 0.6) is 0 Å². The molecule has 2 aromatic carbocycles. The van der Waals surface area contributed by atoms with E-state index in [9.17, 15) is 0 Å². The van der Waals surface area contributed by atoms with Gasteiger partial charge in [0.15, 0.2) is 0 Å². The Morgan fingerprint density at radius 2 is 1.38 bits per heavy atom. The van der Waals surface area contributed by atoms with E-state index in [0.29, 0.717) is 0 Å². The van der Waals surface area contributed by atoms with Crippen LogP contribution >= 0.6 is 10.0 Å². The van der Waals surface area contributed by atoms with Crippen molar-refractivity contribution in [2.75, 3.05) is 6.26 Å². The molecule has 0 aliphatic rings. The summed E-state index contributed by atoms with van der Waals surface area (Å²) in [4.78, 5) is 4.09. The van der Waals surface area contributed by atoms with E-state index in [1.54, 1.807) is 0 Å². The standard InChI is InChI=1S/C20H22S/c1-4-6-13-18(5-2)21(3,19-14-9-7-10-15-19)20-16-11-8-12-17-20/h4-17H,1H2,2-3H3/b13-6-,18-5+. The van der Waals surface area contributed by atoms with Gasteiger partial charge in [-0.3, -0.25) is 0 Å². The molecule has 0 bridgehead atoms. The molecule has 0 N–H and O–H groups in total. The Hall–Kier alpha value is -1.99. The fourth-order valence-electron chi connectivity index (χ4n) is 2.42. The lowest BCUT2D eigenvalue weighted by atomic mass is 10.4. The first kappa shape index (κ1) is 15.4. The predicted molar refractivity (Wildman–Crippen MR) is 96.0 cm³/mol. The lowest BCUT2D eigenvalue weighted by Gasteiger charge is -2.38. The number of hydrogen-bond donors (Lipinski definition) is 0. The van der Waals surface area contributed by atoms with Crippen LogP contribution in [0.2, 0.25) is 0 Å². The highest BCUT2D eigenvalue weighted by Crippen LogP contribution is 2.65. The van der Waals surface area contributed by atoms with Crippen LogP contribution in [0.1, 0.15) is 6.92 Å². The number of benzene rings is 2. The minimum absolute atomic E-state index is 1.23. The third-order valence-corrected chi connectivity index (χ3v) is 7.33. The zero-order valence-corrected chi connectivity index (χ0v) is 13.5. The summed E-state index contributed by atoms with van der Waals surface area (Å²) in [5.41, 5.74) is 0. The molecule has 0 atom stereocenters. The minimum Gasteiger partial charge on any atom is -0.164 e. The maximum atomic E-state index is 3.79. The van der Waals surface area contributed by atoms with Crippen LogP contribution in [0.3, 0.4) is 0 Å². The van der Waals surface area contributed by atoms with Crippen molar-refractivity contribution in [2.45, 2.75) is 16.7 Å². The molecule has 1 heteroatoms. The van der Waals surface area contributed by atoms with Crippen molar-refractivity contribution >= 4 is 10.0 Å². The van der Waals surface area contributed by atoms with Crippen molar-refractivity contribution in [3.05, 3.63) is 96.5 Å². The first-order valence-corrected chi connectivity index (χ1v) is 9.11. The Balaban J connectivity index is 2.65. The molecule has 2 aromatic rings. The molecule has 0 heterocycles. The summed E-state index contributed by atoms with van der Waals surface area (Å²) in [6.45, 7) is 5.90.